The van der Waals surface area contributed by atoms with Crippen LogP contribution in [0.4, 0.5) is 0 Å². The van der Waals surface area contributed by atoms with Gasteiger partial charge in [0.15, 0.2) is 0 Å². The molecule has 2 unspecified atom stereocenters. The highest BCUT2D eigenvalue weighted by Gasteiger charge is 2.11. The van der Waals surface area contributed by atoms with Crippen LogP contribution in [-0.2, 0) is 0 Å². The van der Waals surface area contributed by atoms with E-state index in [0.717, 1.165) is 18.9 Å². The van der Waals surface area contributed by atoms with E-state index >= 15 is 0 Å². The zero-order valence-corrected chi connectivity index (χ0v) is 9.75. The zero-order valence-electron chi connectivity index (χ0n) is 9.75. The normalized spacial score (nSPS) is 16.6. The number of hydrogen-bond donors (Lipinski definition) is 1. The second kappa shape index (κ2) is 6.39. The lowest BCUT2D eigenvalue weighted by Gasteiger charge is -2.26. The maximum absolute atomic E-state index is 9.22. The van der Waals surface area contributed by atoms with Crippen molar-refractivity contribution in [2.45, 2.75) is 52.7 Å². The molecule has 0 aromatic heterocycles. The minimum Gasteiger partial charge on any atom is -0.393 e. The van der Waals surface area contributed by atoms with Crippen molar-refractivity contribution < 1.29 is 5.11 Å². The Morgan fingerprint density at radius 2 is 1.69 bits per heavy atom. The van der Waals surface area contributed by atoms with Crippen molar-refractivity contribution in [3.8, 4) is 0 Å². The molecule has 13 heavy (non-hydrogen) atoms. The van der Waals surface area contributed by atoms with Crippen LogP contribution in [0.5, 0.6) is 0 Å². The number of nitrogens with zero attached hydrogens (tertiary/aromatic N) is 1. The molecule has 0 rings (SSSR count). The van der Waals surface area contributed by atoms with Gasteiger partial charge in [-0.2, -0.15) is 0 Å². The predicted molar refractivity (Wildman–Crippen MR) is 57.8 cm³/mol. The third kappa shape index (κ3) is 7.03. The van der Waals surface area contributed by atoms with Crippen LogP contribution in [0.3, 0.4) is 0 Å². The molecule has 0 bridgehead atoms. The van der Waals surface area contributed by atoms with E-state index in [1.165, 1.54) is 6.42 Å². The van der Waals surface area contributed by atoms with E-state index < -0.39 is 0 Å². The summed E-state index contributed by atoms with van der Waals surface area (Å²) in [5, 5.41) is 9.22. The summed E-state index contributed by atoms with van der Waals surface area (Å²) < 4.78 is 0. The molecule has 2 nitrogen and oxygen atoms in total. The van der Waals surface area contributed by atoms with Crippen molar-refractivity contribution in [2.24, 2.45) is 5.92 Å². The van der Waals surface area contributed by atoms with Gasteiger partial charge in [0, 0.05) is 6.04 Å². The van der Waals surface area contributed by atoms with E-state index in [1.54, 1.807) is 0 Å². The molecule has 1 N–H and O–H groups in total. The van der Waals surface area contributed by atoms with Gasteiger partial charge in [0.25, 0.3) is 0 Å². The van der Waals surface area contributed by atoms with Gasteiger partial charge in [0.1, 0.15) is 0 Å². The van der Waals surface area contributed by atoms with Crippen molar-refractivity contribution in [1.29, 1.82) is 0 Å². The molecule has 0 amide bonds. The molecule has 0 spiro atoms. The maximum Gasteiger partial charge on any atom is 0.0526 e. The first-order valence-corrected chi connectivity index (χ1v) is 5.31. The number of aliphatic hydroxyl groups is 1. The van der Waals surface area contributed by atoms with E-state index in [4.69, 9.17) is 0 Å². The predicted octanol–water partition coefficient (Wildman–Crippen LogP) is 2.12. The Morgan fingerprint density at radius 3 is 2.08 bits per heavy atom. The van der Waals surface area contributed by atoms with Crippen LogP contribution >= 0.6 is 0 Å². The molecule has 2 atom stereocenters. The van der Waals surface area contributed by atoms with Gasteiger partial charge in [-0.25, -0.2) is 0 Å². The van der Waals surface area contributed by atoms with Gasteiger partial charge in [0.05, 0.1) is 6.10 Å². The summed E-state index contributed by atoms with van der Waals surface area (Å²) in [7, 11) is 2.13. The van der Waals surface area contributed by atoms with Crippen LogP contribution in [0.2, 0.25) is 0 Å². The molecule has 80 valence electrons. The van der Waals surface area contributed by atoms with Crippen molar-refractivity contribution in [2.75, 3.05) is 13.6 Å². The van der Waals surface area contributed by atoms with Crippen molar-refractivity contribution in [1.82, 2.24) is 4.90 Å². The van der Waals surface area contributed by atoms with Crippen LogP contribution in [0.25, 0.3) is 0 Å². The molecule has 0 aliphatic heterocycles. The van der Waals surface area contributed by atoms with Crippen LogP contribution in [0.15, 0.2) is 0 Å². The van der Waals surface area contributed by atoms with Gasteiger partial charge in [-0.1, -0.05) is 13.8 Å². The average molecular weight is 187 g/mol. The Balaban J connectivity index is 3.62. The third-order valence-electron chi connectivity index (χ3n) is 2.49. The minimum atomic E-state index is -0.184. The number of aliphatic hydroxyl groups excluding tert-OH is 1. The van der Waals surface area contributed by atoms with E-state index in [1.807, 2.05) is 6.92 Å². The monoisotopic (exact) mass is 187 g/mol. The lowest BCUT2D eigenvalue weighted by Crippen LogP contribution is -2.32. The molecule has 0 radical (unpaired) electrons. The molecule has 0 aromatic carbocycles. The molecular weight excluding hydrogens is 162 g/mol. The summed E-state index contributed by atoms with van der Waals surface area (Å²) in [4.78, 5) is 2.33. The molecule has 2 heteroatoms. The van der Waals surface area contributed by atoms with Crippen LogP contribution in [0.1, 0.15) is 40.5 Å². The van der Waals surface area contributed by atoms with E-state index in [-0.39, 0.29) is 6.10 Å². The van der Waals surface area contributed by atoms with Gasteiger partial charge in [-0.15, -0.1) is 0 Å². The van der Waals surface area contributed by atoms with E-state index in [2.05, 4.69) is 32.7 Å². The van der Waals surface area contributed by atoms with Gasteiger partial charge < -0.3 is 10.0 Å². The van der Waals surface area contributed by atoms with Crippen LogP contribution < -0.4 is 0 Å². The first-order chi connectivity index (χ1) is 5.93. The highest BCUT2D eigenvalue weighted by atomic mass is 16.3. The minimum absolute atomic E-state index is 0.184. The number of hydrogen-bond acceptors (Lipinski definition) is 2. The Bertz CT molecular complexity index is 123. The average Bonchev–Trinajstić information content (AvgIpc) is 1.98. The van der Waals surface area contributed by atoms with Gasteiger partial charge >= 0.3 is 0 Å². The Hall–Kier alpha value is -0.0800. The third-order valence-corrected chi connectivity index (χ3v) is 2.49. The van der Waals surface area contributed by atoms with Crippen LogP contribution in [-0.4, -0.2) is 35.7 Å². The van der Waals surface area contributed by atoms with Gasteiger partial charge in [-0.05, 0) is 46.2 Å². The van der Waals surface area contributed by atoms with Crippen molar-refractivity contribution >= 4 is 0 Å². The molecule has 0 aliphatic carbocycles. The van der Waals surface area contributed by atoms with Gasteiger partial charge in [0.2, 0.25) is 0 Å². The molecule has 0 aliphatic rings. The summed E-state index contributed by atoms with van der Waals surface area (Å²) in [5.41, 5.74) is 0. The zero-order chi connectivity index (χ0) is 10.4. The van der Waals surface area contributed by atoms with Crippen molar-refractivity contribution in [3.05, 3.63) is 0 Å². The highest BCUT2D eigenvalue weighted by Crippen LogP contribution is 2.07. The molecular formula is C11H25NO. The molecule has 0 aromatic rings. The summed E-state index contributed by atoms with van der Waals surface area (Å²) in [6.07, 6.45) is 1.92. The first-order valence-electron chi connectivity index (χ1n) is 5.31. The second-order valence-corrected chi connectivity index (χ2v) is 4.60. The van der Waals surface area contributed by atoms with Gasteiger partial charge in [-0.3, -0.25) is 0 Å². The summed E-state index contributed by atoms with van der Waals surface area (Å²) in [6.45, 7) is 9.64. The smallest absolute Gasteiger partial charge is 0.0526 e. The fourth-order valence-corrected chi connectivity index (χ4v) is 1.36. The lowest BCUT2D eigenvalue weighted by molar-refractivity contribution is 0.131. The molecule has 0 fully saturated rings. The maximum atomic E-state index is 9.22. The van der Waals surface area contributed by atoms with E-state index in [0.29, 0.717) is 6.04 Å². The van der Waals surface area contributed by atoms with E-state index in [9.17, 15) is 5.11 Å². The Kier molecular flexibility index (Phi) is 6.35. The lowest BCUT2D eigenvalue weighted by atomic mass is 10.1. The standard InChI is InChI=1S/C11H25NO/c1-9(2)6-7-12(5)10(3)8-11(4)13/h9-11,13H,6-8H2,1-5H3. The van der Waals surface area contributed by atoms with Crippen LogP contribution in [0, 0.1) is 5.92 Å². The second-order valence-electron chi connectivity index (χ2n) is 4.60. The highest BCUT2D eigenvalue weighted by molar-refractivity contribution is 4.66. The molecule has 0 heterocycles. The number of rotatable bonds is 6. The topological polar surface area (TPSA) is 23.5 Å². The summed E-state index contributed by atoms with van der Waals surface area (Å²) in [5.74, 6) is 0.765. The quantitative estimate of drug-likeness (QED) is 0.688. The Morgan fingerprint density at radius 1 is 1.15 bits per heavy atom. The Labute approximate surface area is 82.9 Å². The summed E-state index contributed by atoms with van der Waals surface area (Å²) in [6, 6.07) is 0.485. The SMILES string of the molecule is CC(C)CCN(C)C(C)CC(C)O. The molecule has 0 saturated heterocycles. The fourth-order valence-electron chi connectivity index (χ4n) is 1.36. The fraction of sp³-hybridized carbons (Fsp3) is 1.00. The largest absolute Gasteiger partial charge is 0.393 e. The first kappa shape index (κ1) is 12.9. The van der Waals surface area contributed by atoms with Crippen molar-refractivity contribution in [3.63, 3.8) is 0 Å². The summed E-state index contributed by atoms with van der Waals surface area (Å²) >= 11 is 0. The molecule has 0 saturated carbocycles.